The zero-order valence-electron chi connectivity index (χ0n) is 19.2. The number of H-pyrrole nitrogens is 2. The number of carbonyl (C=O) groups is 2. The van der Waals surface area contributed by atoms with Gasteiger partial charge in [-0.15, -0.1) is 0 Å². The average Bonchev–Trinajstić information content (AvgIpc) is 2.84. The number of nitrogen functional groups attached to an aromatic ring is 2. The van der Waals surface area contributed by atoms with Crippen LogP contribution in [0.4, 0.5) is 11.4 Å². The van der Waals surface area contributed by atoms with Crippen molar-refractivity contribution >= 4 is 23.3 Å². The van der Waals surface area contributed by atoms with Gasteiger partial charge in [-0.05, 0) is 60.4 Å². The van der Waals surface area contributed by atoms with Gasteiger partial charge in [-0.25, -0.2) is 19.6 Å². The van der Waals surface area contributed by atoms with Gasteiger partial charge >= 0.3 is 11.9 Å². The number of benzene rings is 2. The highest BCUT2D eigenvalue weighted by atomic mass is 16.4. The number of hydrogen-bond acceptors (Lipinski definition) is 6. The van der Waals surface area contributed by atoms with Gasteiger partial charge < -0.3 is 31.9 Å². The van der Waals surface area contributed by atoms with Crippen LogP contribution in [-0.4, -0.2) is 22.2 Å². The minimum atomic E-state index is -1.23. The van der Waals surface area contributed by atoms with Gasteiger partial charge in [-0.2, -0.15) is 0 Å². The van der Waals surface area contributed by atoms with E-state index in [-0.39, 0.29) is 22.5 Å². The maximum Gasteiger partial charge on any atom is 0.335 e. The monoisotopic (exact) mass is 490 g/mol. The van der Waals surface area contributed by atoms with Crippen molar-refractivity contribution in [2.45, 2.75) is 12.8 Å². The van der Waals surface area contributed by atoms with E-state index in [1.54, 1.807) is 0 Å². The first kappa shape index (κ1) is 27.1. The van der Waals surface area contributed by atoms with E-state index < -0.39 is 23.4 Å². The Morgan fingerprint density at radius 2 is 0.972 bits per heavy atom. The number of carboxylic acids is 2. The Hall–Kier alpha value is -5.12. The normalized spacial score (nSPS) is 9.67. The summed E-state index contributed by atoms with van der Waals surface area (Å²) in [4.78, 5) is 26.6. The second-order valence-electron chi connectivity index (χ2n) is 7.44. The number of hydrogen-bond donors (Lipinski definition) is 4. The molecule has 0 aliphatic heterocycles. The minimum absolute atomic E-state index is 0.251. The van der Waals surface area contributed by atoms with Gasteiger partial charge in [-0.3, -0.25) is 0 Å². The van der Waals surface area contributed by atoms with E-state index >= 15 is 0 Å². The van der Waals surface area contributed by atoms with Gasteiger partial charge in [-0.1, -0.05) is 11.5 Å². The maximum absolute atomic E-state index is 10.8. The van der Waals surface area contributed by atoms with Crippen molar-refractivity contribution in [1.82, 2.24) is 0 Å². The summed E-state index contributed by atoms with van der Waals surface area (Å²) in [5.41, 5.74) is 13.3. The molecule has 4 aromatic rings. The zero-order valence-corrected chi connectivity index (χ0v) is 19.2. The standard InChI is InChI=1S/C12H12N2.2C7H7NO3/c1(11-3-7-13-8-4-11)2-12-5-9-14-10-6-12;2*8-4-1-2-5(7(10)11)6(9)3-4/h3-10H,1-2H2;2*1-3,9H,8H2,(H,10,11). The lowest BCUT2D eigenvalue weighted by Crippen LogP contribution is -2.04. The fourth-order valence-corrected chi connectivity index (χ4v) is 2.90. The number of nitrogens with two attached hydrogens (primary N) is 2. The number of aromatic nitrogens is 2. The molecule has 0 radical (unpaired) electrons. The van der Waals surface area contributed by atoms with Gasteiger partial charge in [0.15, 0.2) is 24.8 Å². The summed E-state index contributed by atoms with van der Waals surface area (Å²) >= 11 is 0. The van der Waals surface area contributed by atoms with Crippen molar-refractivity contribution in [3.63, 3.8) is 0 Å². The van der Waals surface area contributed by atoms with E-state index in [9.17, 15) is 19.8 Å². The smallest absolute Gasteiger partial charge is 0.335 e. The Kier molecular flexibility index (Phi) is 10.2. The molecule has 36 heavy (non-hydrogen) atoms. The second kappa shape index (κ2) is 13.6. The molecule has 0 fully saturated rings. The third-order valence-electron chi connectivity index (χ3n) is 4.75. The molecule has 0 aliphatic carbocycles. The number of aromatic amines is 2. The molecular weight excluding hydrogens is 464 g/mol. The Bertz CT molecular complexity index is 1180. The van der Waals surface area contributed by atoms with E-state index in [1.807, 2.05) is 24.8 Å². The molecule has 0 amide bonds. The Morgan fingerprint density at radius 1 is 0.639 bits per heavy atom. The number of pyridine rings is 2. The Balaban J connectivity index is 0.000000193. The third kappa shape index (κ3) is 9.02. The van der Waals surface area contributed by atoms with Crippen LogP contribution in [0.3, 0.4) is 0 Å². The molecule has 4 rings (SSSR count). The first-order chi connectivity index (χ1) is 17.2. The zero-order chi connectivity index (χ0) is 26.5. The van der Waals surface area contributed by atoms with Crippen molar-refractivity contribution in [3.8, 4) is 11.5 Å². The third-order valence-corrected chi connectivity index (χ3v) is 4.75. The van der Waals surface area contributed by atoms with Crippen LogP contribution in [0.2, 0.25) is 0 Å². The van der Waals surface area contributed by atoms with Gasteiger partial charge in [0.05, 0.1) is 11.1 Å². The van der Waals surface area contributed by atoms with E-state index in [4.69, 9.17) is 21.7 Å². The van der Waals surface area contributed by atoms with Crippen LogP contribution in [0.15, 0.2) is 85.5 Å². The lowest BCUT2D eigenvalue weighted by molar-refractivity contribution is -0.378. The van der Waals surface area contributed by atoms with Gasteiger partial charge in [0, 0.05) is 35.6 Å². The van der Waals surface area contributed by atoms with E-state index in [1.165, 1.54) is 35.4 Å². The lowest BCUT2D eigenvalue weighted by Gasteiger charge is -2.09. The van der Waals surface area contributed by atoms with Gasteiger partial charge in [0.25, 0.3) is 0 Å². The van der Waals surface area contributed by atoms with Crippen LogP contribution < -0.4 is 31.6 Å². The molecule has 186 valence electrons. The topological polar surface area (TPSA) is 201 Å². The van der Waals surface area contributed by atoms with Crippen LogP contribution in [0.1, 0.15) is 31.8 Å². The first-order valence-electron chi connectivity index (χ1n) is 10.7. The summed E-state index contributed by atoms with van der Waals surface area (Å²) in [6, 6.07) is 15.8. The number of nitrogens with one attached hydrogen (secondary N) is 2. The molecule has 2 aromatic heterocycles. The molecule has 0 saturated heterocycles. The molecule has 10 nitrogen and oxygen atoms in total. The molecule has 0 unspecified atom stereocenters. The molecule has 2 aromatic carbocycles. The lowest BCUT2D eigenvalue weighted by atomic mass is 10.1. The largest absolute Gasteiger partial charge is 0.872 e. The van der Waals surface area contributed by atoms with Crippen molar-refractivity contribution in [3.05, 3.63) is 108 Å². The summed E-state index contributed by atoms with van der Waals surface area (Å²) < 4.78 is 0. The van der Waals surface area contributed by atoms with Gasteiger partial charge in [0.1, 0.15) is 0 Å². The van der Waals surface area contributed by atoms with E-state index in [2.05, 4.69) is 34.2 Å². The molecule has 0 saturated carbocycles. The molecule has 0 atom stereocenters. The summed E-state index contributed by atoms with van der Waals surface area (Å²) in [6.45, 7) is 0. The van der Waals surface area contributed by atoms with Crippen LogP contribution in [0.5, 0.6) is 11.5 Å². The molecular formula is C26H26N4O6. The second-order valence-corrected chi connectivity index (χ2v) is 7.44. The molecule has 0 spiro atoms. The molecule has 10 heteroatoms. The SMILES string of the molecule is Nc1ccc(C(=O)O)c([O-])c1.Nc1ccc(C(=O)O)c([O-])c1.c1cc(CCc2cc[nH+]cc2)cc[nH+]1. The van der Waals surface area contributed by atoms with Crippen molar-refractivity contribution < 1.29 is 40.0 Å². The minimum Gasteiger partial charge on any atom is -0.872 e. The summed E-state index contributed by atoms with van der Waals surface area (Å²) in [5, 5.41) is 38.5. The molecule has 0 aliphatic rings. The fraction of sp³-hybridized carbons (Fsp3) is 0.0769. The average molecular weight is 491 g/mol. The Morgan fingerprint density at radius 3 is 1.25 bits per heavy atom. The molecule has 2 heterocycles. The van der Waals surface area contributed by atoms with E-state index in [0.717, 1.165) is 25.0 Å². The number of carboxylic acid groups (broad SMARTS) is 2. The summed E-state index contributed by atoms with van der Waals surface area (Å²) in [6.07, 6.45) is 10.1. The quantitative estimate of drug-likeness (QED) is 0.298. The van der Waals surface area contributed by atoms with Gasteiger partial charge in [0.2, 0.25) is 0 Å². The van der Waals surface area contributed by atoms with Crippen molar-refractivity contribution in [2.24, 2.45) is 0 Å². The highest BCUT2D eigenvalue weighted by molar-refractivity contribution is 5.91. The fourth-order valence-electron chi connectivity index (χ4n) is 2.90. The van der Waals surface area contributed by atoms with Crippen molar-refractivity contribution in [2.75, 3.05) is 11.5 Å². The highest BCUT2D eigenvalue weighted by Crippen LogP contribution is 2.17. The highest BCUT2D eigenvalue weighted by Gasteiger charge is 2.02. The number of aryl methyl sites for hydroxylation is 2. The molecule has 0 bridgehead atoms. The number of aromatic carboxylic acids is 2. The summed E-state index contributed by atoms with van der Waals surface area (Å²) in [5.74, 6) is -3.57. The van der Waals surface area contributed by atoms with Crippen LogP contribution >= 0.6 is 0 Å². The summed E-state index contributed by atoms with van der Waals surface area (Å²) in [7, 11) is 0. The number of rotatable bonds is 5. The van der Waals surface area contributed by atoms with Crippen LogP contribution in [-0.2, 0) is 12.8 Å². The van der Waals surface area contributed by atoms with Crippen LogP contribution in [0.25, 0.3) is 0 Å². The predicted molar refractivity (Wildman–Crippen MR) is 128 cm³/mol. The van der Waals surface area contributed by atoms with Crippen molar-refractivity contribution in [1.29, 1.82) is 0 Å². The Labute approximate surface area is 207 Å². The number of anilines is 2. The molecule has 8 N–H and O–H groups in total. The first-order valence-corrected chi connectivity index (χ1v) is 10.7. The predicted octanol–water partition coefficient (Wildman–Crippen LogP) is 1.18. The van der Waals surface area contributed by atoms with Crippen LogP contribution in [0, 0.1) is 0 Å². The maximum atomic E-state index is 10.8. The van der Waals surface area contributed by atoms with E-state index in [0.29, 0.717) is 0 Å².